The van der Waals surface area contributed by atoms with Crippen molar-refractivity contribution in [3.05, 3.63) is 52.3 Å². The Morgan fingerprint density at radius 1 is 1.25 bits per heavy atom. The van der Waals surface area contributed by atoms with Crippen molar-refractivity contribution in [2.75, 3.05) is 13.1 Å². The molecule has 0 saturated carbocycles. The number of nitrogens with one attached hydrogen (secondary N) is 2. The van der Waals surface area contributed by atoms with Crippen LogP contribution in [-0.4, -0.2) is 23.9 Å². The van der Waals surface area contributed by atoms with Crippen molar-refractivity contribution in [1.82, 2.24) is 10.3 Å². The first-order valence-corrected chi connectivity index (χ1v) is 9.36. The minimum Gasteiger partial charge on any atom is -0.383 e. The molecule has 1 fully saturated rings. The van der Waals surface area contributed by atoms with Gasteiger partial charge in [0.15, 0.2) is 0 Å². The molecule has 2 aromatic heterocycles. The maximum atomic E-state index is 6.12. The van der Waals surface area contributed by atoms with E-state index in [9.17, 15) is 0 Å². The van der Waals surface area contributed by atoms with Crippen LogP contribution in [0.4, 0.5) is 5.69 Å². The number of nitrogens with zero attached hydrogens (tertiary/aromatic N) is 1. The van der Waals surface area contributed by atoms with Gasteiger partial charge in [0, 0.05) is 17.1 Å². The van der Waals surface area contributed by atoms with Gasteiger partial charge in [0.25, 0.3) is 0 Å². The molecular weight excluding hydrogens is 316 g/mol. The Labute approximate surface area is 145 Å². The highest BCUT2D eigenvalue weighted by atomic mass is 32.1. The van der Waals surface area contributed by atoms with Gasteiger partial charge < -0.3 is 16.0 Å². The summed E-state index contributed by atoms with van der Waals surface area (Å²) in [6.07, 6.45) is 5.81. The smallest absolute Gasteiger partial charge is 0.141 e. The summed E-state index contributed by atoms with van der Waals surface area (Å²) in [5.41, 5.74) is 9.61. The molecule has 0 amide bonds. The molecule has 24 heavy (non-hydrogen) atoms. The number of nitrogens with two attached hydrogens (primary N) is 1. The standard InChI is InChI=1S/C19H22N4S/c20-19(18-2-1-9-24-18)23-15-3-4-17-16(11-15)14(12-22-17)10-13-5-7-21-8-6-13/h1-4,9,11-13,21-22H,5-8,10H2,(H2,20,23). The third-order valence-electron chi connectivity index (χ3n) is 4.74. The fourth-order valence-electron chi connectivity index (χ4n) is 3.42. The number of rotatable bonds is 4. The molecule has 5 heteroatoms. The van der Waals surface area contributed by atoms with Gasteiger partial charge in [-0.05, 0) is 73.5 Å². The van der Waals surface area contributed by atoms with E-state index in [-0.39, 0.29) is 0 Å². The van der Waals surface area contributed by atoms with E-state index in [2.05, 4.69) is 33.6 Å². The zero-order valence-corrected chi connectivity index (χ0v) is 14.4. The highest BCUT2D eigenvalue weighted by Gasteiger charge is 2.15. The maximum Gasteiger partial charge on any atom is 0.141 e. The van der Waals surface area contributed by atoms with Gasteiger partial charge in [-0.15, -0.1) is 11.3 Å². The number of piperidine rings is 1. The van der Waals surface area contributed by atoms with E-state index in [1.165, 1.54) is 29.3 Å². The predicted molar refractivity (Wildman–Crippen MR) is 102 cm³/mol. The van der Waals surface area contributed by atoms with E-state index < -0.39 is 0 Å². The Kier molecular flexibility index (Phi) is 4.36. The third-order valence-corrected chi connectivity index (χ3v) is 5.63. The molecule has 0 radical (unpaired) electrons. The Morgan fingerprint density at radius 2 is 2.12 bits per heavy atom. The number of fused-ring (bicyclic) bond motifs is 1. The number of H-pyrrole nitrogens is 1. The first-order chi connectivity index (χ1) is 11.8. The largest absolute Gasteiger partial charge is 0.383 e. The fraction of sp³-hybridized carbons (Fsp3) is 0.316. The number of aromatic nitrogens is 1. The summed E-state index contributed by atoms with van der Waals surface area (Å²) in [4.78, 5) is 9.01. The van der Waals surface area contributed by atoms with Gasteiger partial charge in [-0.3, -0.25) is 0 Å². The second-order valence-electron chi connectivity index (χ2n) is 6.42. The predicted octanol–water partition coefficient (Wildman–Crippen LogP) is 3.81. The number of thiophene rings is 1. The van der Waals surface area contributed by atoms with Crippen LogP contribution in [0.3, 0.4) is 0 Å². The second kappa shape index (κ2) is 6.79. The SMILES string of the molecule is NC(=Nc1ccc2[nH]cc(CC3CCNCC3)c2c1)c1cccs1. The normalized spacial score (nSPS) is 16.8. The van der Waals surface area contributed by atoms with Crippen LogP contribution in [0.15, 0.2) is 46.9 Å². The minimum absolute atomic E-state index is 0.583. The van der Waals surface area contributed by atoms with E-state index in [0.29, 0.717) is 5.84 Å². The molecule has 3 heterocycles. The van der Waals surface area contributed by atoms with E-state index in [0.717, 1.165) is 36.0 Å². The first-order valence-electron chi connectivity index (χ1n) is 8.48. The molecule has 3 aromatic rings. The summed E-state index contributed by atoms with van der Waals surface area (Å²) < 4.78 is 0. The van der Waals surface area contributed by atoms with Gasteiger partial charge >= 0.3 is 0 Å². The minimum atomic E-state index is 0.583. The number of aliphatic imine (C=N–C) groups is 1. The van der Waals surface area contributed by atoms with Crippen molar-refractivity contribution in [3.63, 3.8) is 0 Å². The van der Waals surface area contributed by atoms with Crippen molar-refractivity contribution in [3.8, 4) is 0 Å². The zero-order chi connectivity index (χ0) is 16.4. The number of amidine groups is 1. The van der Waals surface area contributed by atoms with Crippen molar-refractivity contribution in [2.24, 2.45) is 16.6 Å². The Morgan fingerprint density at radius 3 is 2.92 bits per heavy atom. The Bertz CT molecular complexity index is 842. The van der Waals surface area contributed by atoms with Crippen LogP contribution in [0.1, 0.15) is 23.3 Å². The summed E-state index contributed by atoms with van der Waals surface area (Å²) in [6.45, 7) is 2.28. The summed E-state index contributed by atoms with van der Waals surface area (Å²) >= 11 is 1.61. The summed E-state index contributed by atoms with van der Waals surface area (Å²) in [7, 11) is 0. The van der Waals surface area contributed by atoms with Gasteiger partial charge in [-0.2, -0.15) is 0 Å². The van der Waals surface area contributed by atoms with Crippen LogP contribution < -0.4 is 11.1 Å². The lowest BCUT2D eigenvalue weighted by atomic mass is 9.91. The molecule has 1 aliphatic heterocycles. The lowest BCUT2D eigenvalue weighted by molar-refractivity contribution is 0.373. The maximum absolute atomic E-state index is 6.12. The van der Waals surface area contributed by atoms with Crippen molar-refractivity contribution >= 4 is 33.8 Å². The van der Waals surface area contributed by atoms with Crippen molar-refractivity contribution < 1.29 is 0 Å². The highest BCUT2D eigenvalue weighted by Crippen LogP contribution is 2.28. The van der Waals surface area contributed by atoms with E-state index >= 15 is 0 Å². The Hall–Kier alpha value is -2.11. The van der Waals surface area contributed by atoms with Crippen LogP contribution >= 0.6 is 11.3 Å². The average molecular weight is 338 g/mol. The monoisotopic (exact) mass is 338 g/mol. The zero-order valence-electron chi connectivity index (χ0n) is 13.6. The molecule has 1 saturated heterocycles. The summed E-state index contributed by atoms with van der Waals surface area (Å²) in [5, 5.41) is 6.73. The molecule has 1 aromatic carbocycles. The molecule has 4 rings (SSSR count). The molecule has 0 unspecified atom stereocenters. The van der Waals surface area contributed by atoms with Crippen molar-refractivity contribution in [1.29, 1.82) is 0 Å². The van der Waals surface area contributed by atoms with Gasteiger partial charge in [-0.1, -0.05) is 6.07 Å². The fourth-order valence-corrected chi connectivity index (χ4v) is 4.05. The van der Waals surface area contributed by atoms with Gasteiger partial charge in [-0.25, -0.2) is 4.99 Å². The van der Waals surface area contributed by atoms with Gasteiger partial charge in [0.05, 0.1) is 10.6 Å². The van der Waals surface area contributed by atoms with E-state index in [1.807, 2.05) is 23.6 Å². The molecular formula is C19H22N4S. The number of hydrogen-bond acceptors (Lipinski definition) is 3. The second-order valence-corrected chi connectivity index (χ2v) is 7.36. The molecule has 4 N–H and O–H groups in total. The number of hydrogen-bond donors (Lipinski definition) is 3. The van der Waals surface area contributed by atoms with E-state index in [4.69, 9.17) is 5.73 Å². The molecule has 0 bridgehead atoms. The van der Waals surface area contributed by atoms with E-state index in [1.54, 1.807) is 11.3 Å². The van der Waals surface area contributed by atoms with Crippen LogP contribution in [0, 0.1) is 5.92 Å². The first kappa shape index (κ1) is 15.4. The lowest BCUT2D eigenvalue weighted by Crippen LogP contribution is -2.28. The van der Waals surface area contributed by atoms with Crippen LogP contribution in [0.5, 0.6) is 0 Å². The van der Waals surface area contributed by atoms with Crippen LogP contribution in [0.25, 0.3) is 10.9 Å². The van der Waals surface area contributed by atoms with Gasteiger partial charge in [0.1, 0.15) is 5.84 Å². The summed E-state index contributed by atoms with van der Waals surface area (Å²) in [5.74, 6) is 1.35. The number of aromatic amines is 1. The number of benzene rings is 1. The molecule has 124 valence electrons. The summed E-state index contributed by atoms with van der Waals surface area (Å²) in [6, 6.07) is 10.3. The highest BCUT2D eigenvalue weighted by molar-refractivity contribution is 7.12. The molecule has 4 nitrogen and oxygen atoms in total. The molecule has 0 aliphatic carbocycles. The third kappa shape index (κ3) is 3.23. The Balaban J connectivity index is 1.62. The van der Waals surface area contributed by atoms with Crippen molar-refractivity contribution in [2.45, 2.75) is 19.3 Å². The molecule has 0 atom stereocenters. The molecule has 1 aliphatic rings. The van der Waals surface area contributed by atoms with Gasteiger partial charge in [0.2, 0.25) is 0 Å². The quantitative estimate of drug-likeness (QED) is 0.500. The topological polar surface area (TPSA) is 66.2 Å². The van der Waals surface area contributed by atoms with Crippen LogP contribution in [0.2, 0.25) is 0 Å². The molecule has 0 spiro atoms. The average Bonchev–Trinajstić information content (AvgIpc) is 3.26. The van der Waals surface area contributed by atoms with Crippen LogP contribution in [-0.2, 0) is 6.42 Å². The lowest BCUT2D eigenvalue weighted by Gasteiger charge is -2.22.